The molecule has 3 heterocycles. The molecule has 182 valence electrons. The van der Waals surface area contributed by atoms with Gasteiger partial charge in [-0.25, -0.2) is 9.78 Å². The highest BCUT2D eigenvalue weighted by Gasteiger charge is 2.51. The maximum Gasteiger partial charge on any atom is 0.494 e. The summed E-state index contributed by atoms with van der Waals surface area (Å²) in [6.07, 6.45) is 3.51. The molecule has 0 bridgehead atoms. The smallest absolute Gasteiger partial charge is 0.399 e. The monoisotopic (exact) mass is 467 g/mol. The number of likely N-dealkylation sites (tertiary alicyclic amines) is 1. The van der Waals surface area contributed by atoms with Crippen LogP contribution in [0, 0.1) is 0 Å². The zero-order chi connectivity index (χ0) is 24.7. The van der Waals surface area contributed by atoms with Crippen LogP contribution in [0.2, 0.25) is 0 Å². The summed E-state index contributed by atoms with van der Waals surface area (Å²) in [4.78, 5) is 34.3. The molecular weight excluding hydrogens is 433 g/mol. The molecule has 9 nitrogen and oxygen atoms in total. The number of imidazole rings is 1. The summed E-state index contributed by atoms with van der Waals surface area (Å²) < 4.78 is 12.3. The van der Waals surface area contributed by atoms with Gasteiger partial charge in [0.25, 0.3) is 0 Å². The molecule has 3 amide bonds. The normalized spacial score (nSPS) is 22.0. The molecule has 0 radical (unpaired) electrons. The standard InChI is InChI=1S/C24H34BN5O4/c1-15(28-22(32)26-6)21(31)30-13-7-8-19(30)20-27-14-18(29-20)16-9-11-17(12-10-16)25-33-23(2,3)24(4,5)34-25/h9-12,14-15,19H,7-8,13H2,1-6H3,(H,27,29)(H2,26,28,32)/t15-,19+/m1/s1. The van der Waals surface area contributed by atoms with Crippen molar-refractivity contribution < 1.29 is 18.9 Å². The number of nitrogens with one attached hydrogen (secondary N) is 3. The Labute approximate surface area is 201 Å². The zero-order valence-electron chi connectivity index (χ0n) is 20.8. The number of benzene rings is 1. The minimum absolute atomic E-state index is 0.115. The molecule has 0 aliphatic carbocycles. The second kappa shape index (κ2) is 9.07. The maximum absolute atomic E-state index is 12.9. The van der Waals surface area contributed by atoms with Gasteiger partial charge in [0.1, 0.15) is 11.9 Å². The van der Waals surface area contributed by atoms with Crippen LogP contribution in [0.15, 0.2) is 30.5 Å². The van der Waals surface area contributed by atoms with Gasteiger partial charge < -0.3 is 29.8 Å². The molecule has 34 heavy (non-hydrogen) atoms. The van der Waals surface area contributed by atoms with Crippen molar-refractivity contribution in [2.75, 3.05) is 13.6 Å². The average Bonchev–Trinajstić information content (AvgIpc) is 3.51. The first-order chi connectivity index (χ1) is 16.0. The predicted molar refractivity (Wildman–Crippen MR) is 130 cm³/mol. The Balaban J connectivity index is 1.46. The fourth-order valence-corrected chi connectivity index (χ4v) is 4.35. The fourth-order valence-electron chi connectivity index (χ4n) is 4.35. The van der Waals surface area contributed by atoms with E-state index >= 15 is 0 Å². The van der Waals surface area contributed by atoms with Crippen LogP contribution in [0.5, 0.6) is 0 Å². The third-order valence-corrected chi connectivity index (χ3v) is 7.14. The van der Waals surface area contributed by atoms with Gasteiger partial charge in [-0.3, -0.25) is 4.79 Å². The second-order valence-corrected chi connectivity index (χ2v) is 10.0. The minimum Gasteiger partial charge on any atom is -0.399 e. The number of hydrogen-bond acceptors (Lipinski definition) is 5. The molecule has 2 fully saturated rings. The van der Waals surface area contributed by atoms with Crippen LogP contribution in [-0.4, -0.2) is 64.8 Å². The third kappa shape index (κ3) is 4.56. The van der Waals surface area contributed by atoms with Crippen molar-refractivity contribution in [3.8, 4) is 11.3 Å². The Hall–Kier alpha value is -2.85. The van der Waals surface area contributed by atoms with E-state index in [9.17, 15) is 9.59 Å². The van der Waals surface area contributed by atoms with Gasteiger partial charge >= 0.3 is 13.1 Å². The van der Waals surface area contributed by atoms with E-state index in [0.29, 0.717) is 6.54 Å². The Morgan fingerprint density at radius 2 is 1.82 bits per heavy atom. The summed E-state index contributed by atoms with van der Waals surface area (Å²) >= 11 is 0. The van der Waals surface area contributed by atoms with Crippen molar-refractivity contribution in [2.45, 2.75) is 70.7 Å². The fraction of sp³-hybridized carbons (Fsp3) is 0.542. The topological polar surface area (TPSA) is 109 Å². The number of amides is 3. The first-order valence-electron chi connectivity index (χ1n) is 11.8. The summed E-state index contributed by atoms with van der Waals surface area (Å²) in [5, 5.41) is 5.14. The van der Waals surface area contributed by atoms with Crippen molar-refractivity contribution in [2.24, 2.45) is 0 Å². The van der Waals surface area contributed by atoms with Crippen LogP contribution in [0.4, 0.5) is 4.79 Å². The molecule has 3 N–H and O–H groups in total. The number of carbonyl (C=O) groups excluding carboxylic acids is 2. The average molecular weight is 467 g/mol. The van der Waals surface area contributed by atoms with Crippen molar-refractivity contribution >= 4 is 24.5 Å². The van der Waals surface area contributed by atoms with Crippen LogP contribution in [0.1, 0.15) is 59.3 Å². The minimum atomic E-state index is -0.613. The molecule has 1 aromatic heterocycles. The molecule has 1 aromatic carbocycles. The maximum atomic E-state index is 12.9. The first-order valence-corrected chi connectivity index (χ1v) is 11.8. The molecule has 2 aliphatic heterocycles. The van der Waals surface area contributed by atoms with Gasteiger partial charge in [-0.1, -0.05) is 24.3 Å². The van der Waals surface area contributed by atoms with E-state index in [1.807, 2.05) is 52.0 Å². The van der Waals surface area contributed by atoms with Crippen molar-refractivity contribution in [3.63, 3.8) is 0 Å². The van der Waals surface area contributed by atoms with Crippen LogP contribution in [0.3, 0.4) is 0 Å². The van der Waals surface area contributed by atoms with E-state index in [1.165, 1.54) is 7.05 Å². The molecule has 0 unspecified atom stereocenters. The lowest BCUT2D eigenvalue weighted by molar-refractivity contribution is -0.133. The van der Waals surface area contributed by atoms with E-state index < -0.39 is 13.2 Å². The zero-order valence-corrected chi connectivity index (χ0v) is 20.8. The largest absolute Gasteiger partial charge is 0.494 e. The molecule has 4 rings (SSSR count). The van der Waals surface area contributed by atoms with Gasteiger partial charge in [0.2, 0.25) is 5.91 Å². The van der Waals surface area contributed by atoms with E-state index in [1.54, 1.807) is 18.0 Å². The van der Waals surface area contributed by atoms with Crippen LogP contribution in [0.25, 0.3) is 11.3 Å². The SMILES string of the molecule is CNC(=O)N[C@H](C)C(=O)N1CCC[C@H]1c1ncc(-c2ccc(B3OC(C)(C)C(C)(C)O3)cc2)[nH]1. The highest BCUT2D eigenvalue weighted by Crippen LogP contribution is 2.36. The Morgan fingerprint density at radius 1 is 1.18 bits per heavy atom. The number of aromatic nitrogens is 2. The quantitative estimate of drug-likeness (QED) is 0.586. The van der Waals surface area contributed by atoms with E-state index in [2.05, 4.69) is 20.6 Å². The van der Waals surface area contributed by atoms with Gasteiger partial charge in [0, 0.05) is 13.6 Å². The summed E-state index contributed by atoms with van der Waals surface area (Å²) in [5.74, 6) is 0.638. The molecular formula is C24H34BN5O4. The highest BCUT2D eigenvalue weighted by molar-refractivity contribution is 6.62. The summed E-state index contributed by atoms with van der Waals surface area (Å²) in [6, 6.07) is 6.93. The predicted octanol–water partition coefficient (Wildman–Crippen LogP) is 2.36. The highest BCUT2D eigenvalue weighted by atomic mass is 16.7. The van der Waals surface area contributed by atoms with Gasteiger partial charge in [-0.15, -0.1) is 0 Å². The number of hydrogen-bond donors (Lipinski definition) is 3. The number of aromatic amines is 1. The lowest BCUT2D eigenvalue weighted by Crippen LogP contribution is -2.49. The molecule has 2 saturated heterocycles. The summed E-state index contributed by atoms with van der Waals surface area (Å²) in [7, 11) is 1.12. The van der Waals surface area contributed by atoms with E-state index in [-0.39, 0.29) is 29.2 Å². The molecule has 2 aliphatic rings. The van der Waals surface area contributed by atoms with E-state index in [0.717, 1.165) is 35.4 Å². The Kier molecular flexibility index (Phi) is 6.48. The van der Waals surface area contributed by atoms with Crippen molar-refractivity contribution in [1.82, 2.24) is 25.5 Å². The molecule has 2 atom stereocenters. The number of nitrogens with zero attached hydrogens (tertiary/aromatic N) is 2. The molecule has 0 spiro atoms. The van der Waals surface area contributed by atoms with Crippen LogP contribution >= 0.6 is 0 Å². The summed E-state index contributed by atoms with van der Waals surface area (Å²) in [5.41, 5.74) is 2.07. The Bertz CT molecular complexity index is 1040. The molecule has 10 heteroatoms. The molecule has 0 saturated carbocycles. The van der Waals surface area contributed by atoms with Crippen molar-refractivity contribution in [1.29, 1.82) is 0 Å². The van der Waals surface area contributed by atoms with Crippen LogP contribution < -0.4 is 16.1 Å². The van der Waals surface area contributed by atoms with Gasteiger partial charge in [0.05, 0.1) is 29.1 Å². The lowest BCUT2D eigenvalue weighted by Gasteiger charge is -2.32. The lowest BCUT2D eigenvalue weighted by atomic mass is 9.79. The van der Waals surface area contributed by atoms with Crippen molar-refractivity contribution in [3.05, 3.63) is 36.3 Å². The van der Waals surface area contributed by atoms with Gasteiger partial charge in [-0.05, 0) is 58.5 Å². The third-order valence-electron chi connectivity index (χ3n) is 7.14. The van der Waals surface area contributed by atoms with E-state index in [4.69, 9.17) is 9.31 Å². The number of rotatable bonds is 5. The second-order valence-electron chi connectivity index (χ2n) is 10.0. The van der Waals surface area contributed by atoms with Crippen LogP contribution in [-0.2, 0) is 14.1 Å². The first kappa shape index (κ1) is 24.3. The molecule has 2 aromatic rings. The summed E-state index contributed by atoms with van der Waals surface area (Å²) in [6.45, 7) is 10.5. The van der Waals surface area contributed by atoms with Gasteiger partial charge in [-0.2, -0.15) is 0 Å². The Morgan fingerprint density at radius 3 is 2.44 bits per heavy atom. The van der Waals surface area contributed by atoms with Gasteiger partial charge in [0.15, 0.2) is 0 Å². The number of carbonyl (C=O) groups is 2. The number of H-pyrrole nitrogens is 1. The number of urea groups is 1.